The largest absolute Gasteiger partial charge is 0.458 e. The Labute approximate surface area is 155 Å². The topological polar surface area (TPSA) is 61.2 Å². The maximum atomic E-state index is 5.85. The third-order valence-electron chi connectivity index (χ3n) is 4.01. The Kier molecular flexibility index (Phi) is 3.83. The van der Waals surface area contributed by atoms with Crippen LogP contribution in [-0.4, -0.2) is 23.6 Å². The maximum absolute atomic E-state index is 5.85. The molecule has 0 spiro atoms. The first-order valence-corrected chi connectivity index (χ1v) is 11.0. The van der Waals surface area contributed by atoms with Crippen molar-refractivity contribution < 1.29 is 4.42 Å². The average molecular weight is 453 g/mol. The zero-order valence-corrected chi connectivity index (χ0v) is 16.7. The number of rotatable bonds is 3. The molecule has 0 aromatic carbocycles. The van der Waals surface area contributed by atoms with Crippen molar-refractivity contribution in [3.63, 3.8) is 0 Å². The summed E-state index contributed by atoms with van der Waals surface area (Å²) in [6, 6.07) is 6.01. The Morgan fingerprint density at radius 1 is 1.17 bits per heavy atom. The highest BCUT2D eigenvalue weighted by molar-refractivity contribution is 14.2. The molecule has 0 radical (unpaired) electrons. The van der Waals surface area contributed by atoms with Crippen LogP contribution in [0.4, 0.5) is 0 Å². The standard InChI is InChI=1S/C16H16IN5OS/c1-8(2)13-19-20-15-11-7-9(3)22(24-17)14(11)18-16(21(13)15)12-6-5-10(4)23-12/h5-8H,1-4H3. The Morgan fingerprint density at radius 3 is 2.58 bits per heavy atom. The van der Waals surface area contributed by atoms with Crippen LogP contribution in [0.5, 0.6) is 0 Å². The number of aryl methyl sites for hydroxylation is 2. The maximum Gasteiger partial charge on any atom is 0.185 e. The van der Waals surface area contributed by atoms with Gasteiger partial charge in [0.15, 0.2) is 22.9 Å². The summed E-state index contributed by atoms with van der Waals surface area (Å²) in [4.78, 5) is 4.92. The monoisotopic (exact) mass is 453 g/mol. The molecule has 0 amide bonds. The number of hydrogen-bond acceptors (Lipinski definition) is 5. The fraction of sp³-hybridized carbons (Fsp3) is 0.312. The highest BCUT2D eigenvalue weighted by Gasteiger charge is 2.22. The molecule has 4 rings (SSSR count). The fourth-order valence-corrected chi connectivity index (χ4v) is 4.75. The minimum atomic E-state index is 0.233. The van der Waals surface area contributed by atoms with Gasteiger partial charge in [-0.3, -0.25) is 8.37 Å². The van der Waals surface area contributed by atoms with Crippen LogP contribution in [0.1, 0.15) is 37.0 Å². The molecule has 124 valence electrons. The lowest BCUT2D eigenvalue weighted by Crippen LogP contribution is -2.03. The van der Waals surface area contributed by atoms with Crippen LogP contribution in [0.3, 0.4) is 0 Å². The van der Waals surface area contributed by atoms with Gasteiger partial charge in [0.05, 0.1) is 5.39 Å². The van der Waals surface area contributed by atoms with Gasteiger partial charge in [-0.05, 0) is 32.0 Å². The van der Waals surface area contributed by atoms with E-state index in [-0.39, 0.29) is 5.92 Å². The quantitative estimate of drug-likeness (QED) is 0.412. The summed E-state index contributed by atoms with van der Waals surface area (Å²) < 4.78 is 9.97. The molecular weight excluding hydrogens is 437 g/mol. The number of hydrogen-bond donors (Lipinski definition) is 0. The molecule has 0 fully saturated rings. The summed E-state index contributed by atoms with van der Waals surface area (Å²) >= 11 is 2.27. The highest BCUT2D eigenvalue weighted by atomic mass is 127. The van der Waals surface area contributed by atoms with Gasteiger partial charge in [-0.25, -0.2) is 4.98 Å². The van der Waals surface area contributed by atoms with E-state index in [1.807, 2.05) is 23.5 Å². The van der Waals surface area contributed by atoms with Gasteiger partial charge in [-0.15, -0.1) is 10.2 Å². The van der Waals surface area contributed by atoms with E-state index in [0.717, 1.165) is 45.5 Å². The smallest absolute Gasteiger partial charge is 0.185 e. The van der Waals surface area contributed by atoms with Crippen LogP contribution in [0.2, 0.25) is 0 Å². The van der Waals surface area contributed by atoms with Crippen LogP contribution < -0.4 is 0 Å². The molecule has 0 aliphatic carbocycles. The zero-order valence-electron chi connectivity index (χ0n) is 13.7. The molecule has 0 saturated carbocycles. The Bertz CT molecular complexity index is 1060. The lowest BCUT2D eigenvalue weighted by Gasteiger charge is -2.09. The average Bonchev–Trinajstić information content (AvgIpc) is 3.22. The van der Waals surface area contributed by atoms with Crippen molar-refractivity contribution in [1.82, 2.24) is 23.6 Å². The van der Waals surface area contributed by atoms with Gasteiger partial charge in [0.2, 0.25) is 0 Å². The molecular formula is C16H16IN5OS. The van der Waals surface area contributed by atoms with Crippen LogP contribution in [0.25, 0.3) is 28.3 Å². The molecule has 4 aromatic rings. The Morgan fingerprint density at radius 2 is 1.96 bits per heavy atom. The van der Waals surface area contributed by atoms with Gasteiger partial charge in [-0.1, -0.05) is 13.8 Å². The molecule has 0 saturated heterocycles. The van der Waals surface area contributed by atoms with Crippen LogP contribution in [0, 0.1) is 13.8 Å². The van der Waals surface area contributed by atoms with Crippen LogP contribution in [-0.2, 0) is 0 Å². The van der Waals surface area contributed by atoms with Gasteiger partial charge in [0, 0.05) is 41.9 Å². The van der Waals surface area contributed by atoms with Crippen molar-refractivity contribution in [2.45, 2.75) is 33.6 Å². The molecule has 0 unspecified atom stereocenters. The fourth-order valence-electron chi connectivity index (χ4n) is 2.89. The van der Waals surface area contributed by atoms with E-state index in [9.17, 15) is 0 Å². The van der Waals surface area contributed by atoms with Crippen molar-refractivity contribution >= 4 is 47.0 Å². The second kappa shape index (κ2) is 5.76. The summed E-state index contributed by atoms with van der Waals surface area (Å²) in [6.07, 6.45) is 0. The minimum Gasteiger partial charge on any atom is -0.458 e. The lowest BCUT2D eigenvalue weighted by molar-refractivity contribution is 0.542. The van der Waals surface area contributed by atoms with E-state index in [1.165, 1.54) is 0 Å². The Hall–Kier alpha value is -1.55. The van der Waals surface area contributed by atoms with E-state index < -0.39 is 0 Å². The number of aromatic nitrogens is 5. The predicted molar refractivity (Wildman–Crippen MR) is 105 cm³/mol. The molecule has 4 heterocycles. The summed E-state index contributed by atoms with van der Waals surface area (Å²) in [5.41, 5.74) is 2.83. The number of halogens is 1. The summed E-state index contributed by atoms with van der Waals surface area (Å²) in [5.74, 6) is 3.44. The van der Waals surface area contributed by atoms with E-state index in [2.05, 4.69) is 62.2 Å². The van der Waals surface area contributed by atoms with Crippen molar-refractivity contribution in [3.05, 3.63) is 35.5 Å². The van der Waals surface area contributed by atoms with Crippen molar-refractivity contribution in [1.29, 1.82) is 0 Å². The normalized spacial score (nSPS) is 12.1. The lowest BCUT2D eigenvalue weighted by atomic mass is 10.2. The van der Waals surface area contributed by atoms with Gasteiger partial charge in [0.1, 0.15) is 11.6 Å². The van der Waals surface area contributed by atoms with E-state index in [4.69, 9.17) is 9.40 Å². The van der Waals surface area contributed by atoms with E-state index in [0.29, 0.717) is 0 Å². The van der Waals surface area contributed by atoms with E-state index >= 15 is 0 Å². The minimum absolute atomic E-state index is 0.233. The molecule has 0 N–H and O–H groups in total. The van der Waals surface area contributed by atoms with Gasteiger partial charge >= 0.3 is 0 Å². The molecule has 4 aromatic heterocycles. The zero-order chi connectivity index (χ0) is 17.0. The highest BCUT2D eigenvalue weighted by Crippen LogP contribution is 2.33. The second-order valence-electron chi connectivity index (χ2n) is 6.10. The molecule has 0 atom stereocenters. The van der Waals surface area contributed by atoms with Crippen molar-refractivity contribution in [2.75, 3.05) is 0 Å². The number of furan rings is 1. The molecule has 6 nitrogen and oxygen atoms in total. The summed E-state index contributed by atoms with van der Waals surface area (Å²) in [5, 5.41) is 9.87. The van der Waals surface area contributed by atoms with Crippen LogP contribution >= 0.6 is 30.3 Å². The first-order valence-electron chi connectivity index (χ1n) is 7.64. The SMILES string of the molecule is Cc1ccc(-c2nc3c(cc(C)n3SI)c3nnc(C(C)C)n23)o1. The molecule has 0 aliphatic rings. The van der Waals surface area contributed by atoms with Crippen molar-refractivity contribution in [3.8, 4) is 11.6 Å². The van der Waals surface area contributed by atoms with Crippen molar-refractivity contribution in [2.24, 2.45) is 0 Å². The summed E-state index contributed by atoms with van der Waals surface area (Å²) in [6.45, 7) is 8.21. The predicted octanol–water partition coefficient (Wildman–Crippen LogP) is 4.93. The summed E-state index contributed by atoms with van der Waals surface area (Å²) in [7, 11) is 1.60. The Balaban J connectivity index is 2.19. The third kappa shape index (κ3) is 2.26. The van der Waals surface area contributed by atoms with E-state index in [1.54, 1.807) is 9.12 Å². The number of nitrogens with zero attached hydrogens (tertiary/aromatic N) is 5. The van der Waals surface area contributed by atoms with Gasteiger partial charge in [-0.2, -0.15) is 0 Å². The first-order chi connectivity index (χ1) is 11.5. The molecule has 8 heteroatoms. The molecule has 0 bridgehead atoms. The third-order valence-corrected chi connectivity index (χ3v) is 5.79. The second-order valence-corrected chi connectivity index (χ2v) is 7.79. The van der Waals surface area contributed by atoms with Crippen LogP contribution in [0.15, 0.2) is 22.6 Å². The molecule has 0 aliphatic heterocycles. The first kappa shape index (κ1) is 15.9. The van der Waals surface area contributed by atoms with Gasteiger partial charge in [0.25, 0.3) is 0 Å². The number of fused-ring (bicyclic) bond motifs is 3. The molecule has 24 heavy (non-hydrogen) atoms. The van der Waals surface area contributed by atoms with Gasteiger partial charge < -0.3 is 4.42 Å².